The number of rotatable bonds is 4. The van der Waals surface area contributed by atoms with Gasteiger partial charge in [0.2, 0.25) is 0 Å². The fourth-order valence-electron chi connectivity index (χ4n) is 5.70. The van der Waals surface area contributed by atoms with Gasteiger partial charge in [-0.1, -0.05) is 0 Å². The second kappa shape index (κ2) is 8.96. The second-order valence-electron chi connectivity index (χ2n) is 13.3. The quantitative estimate of drug-likeness (QED) is 0.325. The van der Waals surface area contributed by atoms with E-state index < -0.39 is 92.6 Å². The molecule has 14 heteroatoms. The van der Waals surface area contributed by atoms with Crippen molar-refractivity contribution in [2.45, 2.75) is 77.5 Å². The zero-order chi connectivity index (χ0) is 31.5. The van der Waals surface area contributed by atoms with Gasteiger partial charge in [-0.05, 0) is 55.4 Å². The molecule has 5 rings (SSSR count). The van der Waals surface area contributed by atoms with Crippen LogP contribution < -0.4 is 10.4 Å². The smallest absolute Gasteiger partial charge is 0.420 e. The van der Waals surface area contributed by atoms with Gasteiger partial charge < -0.3 is 14.6 Å². The zero-order valence-corrected chi connectivity index (χ0v) is 24.6. The van der Waals surface area contributed by atoms with Crippen LogP contribution in [-0.4, -0.2) is 84.9 Å². The summed E-state index contributed by atoms with van der Waals surface area (Å²) in [5.41, 5.74) is -5.54. The number of aliphatic hydroxyl groups excluding tert-OH is 1. The number of fused-ring (bicyclic) bond motifs is 1. The molecule has 1 N–H and O–H groups in total. The number of halogens is 6. The highest BCUT2D eigenvalue weighted by Crippen LogP contribution is 2.46. The summed E-state index contributed by atoms with van der Waals surface area (Å²) < 4.78 is 106. The van der Waals surface area contributed by atoms with Crippen LogP contribution in [0.4, 0.5) is 26.3 Å². The average Bonchev–Trinajstić information content (AvgIpc) is 3.58. The van der Waals surface area contributed by atoms with Crippen LogP contribution in [0.5, 0.6) is 0 Å². The summed E-state index contributed by atoms with van der Waals surface area (Å²) in [5.74, 6) is -11.0. The molecule has 0 atom stereocenters. The minimum Gasteiger partial charge on any atom is -0.491 e. The molecule has 1 saturated heterocycles. The van der Waals surface area contributed by atoms with Gasteiger partial charge in [-0.15, -0.1) is 0 Å². The molecular weight excluding hydrogens is 570 g/mol. The molecule has 0 bridgehead atoms. The van der Waals surface area contributed by atoms with Crippen LogP contribution in [0.1, 0.15) is 55.4 Å². The molecule has 4 aliphatic rings. The molecule has 0 radical (unpaired) electrons. The van der Waals surface area contributed by atoms with Crippen LogP contribution in [0.3, 0.4) is 0 Å². The minimum atomic E-state index is -1.88. The number of hydrogen-bond acceptors (Lipinski definition) is 6. The normalized spacial score (nSPS) is 21.6. The van der Waals surface area contributed by atoms with Crippen LogP contribution >= 0.6 is 0 Å². The molecule has 4 aliphatic heterocycles. The maximum atomic E-state index is 16.3. The van der Waals surface area contributed by atoms with Gasteiger partial charge in [0.25, 0.3) is 11.8 Å². The van der Waals surface area contributed by atoms with E-state index in [1.54, 1.807) is 27.7 Å². The largest absolute Gasteiger partial charge is 0.491 e. The van der Waals surface area contributed by atoms with Crippen molar-refractivity contribution in [3.05, 3.63) is 45.5 Å². The van der Waals surface area contributed by atoms with Crippen molar-refractivity contribution < 1.29 is 50.3 Å². The molecule has 1 aromatic carbocycles. The molecule has 1 fully saturated rings. The standard InChI is InChI=1S/C28H32F6N4O4/c1-25(2,9-29)35-19(37-23(21(35)39)41-11-27(37,5)6)13-15(31)17(33)14(18(34)16(13)32)20-36(26(3,4)10-30)22(40)24-38(20)28(7,8)12-42-24/h9-12H2,1-8H3/p+1. The molecule has 0 spiro atoms. The zero-order valence-electron chi connectivity index (χ0n) is 24.6. The highest BCUT2D eigenvalue weighted by atomic mass is 19.2. The Morgan fingerprint density at radius 1 is 0.833 bits per heavy atom. The third-order valence-corrected chi connectivity index (χ3v) is 7.95. The van der Waals surface area contributed by atoms with E-state index in [0.717, 1.165) is 19.3 Å². The Morgan fingerprint density at radius 2 is 1.33 bits per heavy atom. The number of amides is 1. The van der Waals surface area contributed by atoms with Gasteiger partial charge >= 0.3 is 17.6 Å². The number of carbonyl (C=O) groups excluding carboxylic acids is 1. The van der Waals surface area contributed by atoms with Gasteiger partial charge in [0.1, 0.15) is 48.7 Å². The predicted octanol–water partition coefficient (Wildman–Crippen LogP) is 3.04. The Balaban J connectivity index is 1.97. The molecule has 0 aromatic heterocycles. The Kier molecular flexibility index (Phi) is 6.38. The van der Waals surface area contributed by atoms with Crippen molar-refractivity contribution in [1.29, 1.82) is 0 Å². The number of benzene rings is 1. The summed E-state index contributed by atoms with van der Waals surface area (Å²) in [6.45, 7) is 9.09. The third kappa shape index (κ3) is 3.75. The number of carbonyl (C=O) groups is 1. The molecule has 1 aromatic rings. The Labute approximate surface area is 238 Å². The molecule has 42 heavy (non-hydrogen) atoms. The maximum Gasteiger partial charge on any atom is 0.420 e. The SMILES string of the molecule is CC(C)(CF)N1C(O)=C2OCC(C)(C)N2C1=c1c(F)c(F)c(=C2N(C(C)(C)CF)C(=O)C3=[N+]2C(C)(C)CO3)c(F)c1F. The van der Waals surface area contributed by atoms with E-state index in [1.807, 2.05) is 0 Å². The summed E-state index contributed by atoms with van der Waals surface area (Å²) in [6, 6.07) is 0. The lowest BCUT2D eigenvalue weighted by Crippen LogP contribution is -2.53. The topological polar surface area (TPSA) is 68.5 Å². The van der Waals surface area contributed by atoms with Gasteiger partial charge in [0.15, 0.2) is 23.3 Å². The van der Waals surface area contributed by atoms with Crippen LogP contribution in [0, 0.1) is 23.3 Å². The summed E-state index contributed by atoms with van der Waals surface area (Å²) in [6.07, 6.45) is 0. The monoisotopic (exact) mass is 603 g/mol. The second-order valence-corrected chi connectivity index (χ2v) is 13.3. The van der Waals surface area contributed by atoms with Crippen LogP contribution in [0.15, 0.2) is 11.8 Å². The van der Waals surface area contributed by atoms with Gasteiger partial charge in [-0.3, -0.25) is 9.80 Å². The van der Waals surface area contributed by atoms with Crippen LogP contribution in [0.25, 0.3) is 11.6 Å². The first-order chi connectivity index (χ1) is 19.3. The van der Waals surface area contributed by atoms with Crippen molar-refractivity contribution in [1.82, 2.24) is 14.7 Å². The van der Waals surface area contributed by atoms with Crippen molar-refractivity contribution >= 4 is 23.4 Å². The van der Waals surface area contributed by atoms with Crippen molar-refractivity contribution in [2.24, 2.45) is 0 Å². The van der Waals surface area contributed by atoms with Gasteiger partial charge in [-0.25, -0.2) is 31.1 Å². The van der Waals surface area contributed by atoms with Gasteiger partial charge in [0.05, 0.1) is 16.3 Å². The lowest BCUT2D eigenvalue weighted by molar-refractivity contribution is -0.511. The number of nitrogens with zero attached hydrogens (tertiary/aromatic N) is 4. The number of aliphatic hydroxyl groups is 1. The minimum absolute atomic E-state index is 0.0674. The molecule has 0 saturated carbocycles. The fourth-order valence-corrected chi connectivity index (χ4v) is 5.70. The maximum absolute atomic E-state index is 16.3. The van der Waals surface area contributed by atoms with Crippen LogP contribution in [-0.2, 0) is 14.3 Å². The number of hydrogen-bond donors (Lipinski definition) is 1. The number of alkyl halides is 2. The molecule has 0 aliphatic carbocycles. The highest BCUT2D eigenvalue weighted by molar-refractivity contribution is 6.36. The Bertz CT molecular complexity index is 1580. The molecule has 0 unspecified atom stereocenters. The van der Waals surface area contributed by atoms with Gasteiger partial charge in [-0.2, -0.15) is 9.48 Å². The van der Waals surface area contributed by atoms with E-state index in [1.165, 1.54) is 27.7 Å². The summed E-state index contributed by atoms with van der Waals surface area (Å²) in [5, 5.41) is 8.52. The highest BCUT2D eigenvalue weighted by Gasteiger charge is 2.61. The summed E-state index contributed by atoms with van der Waals surface area (Å²) in [7, 11) is 0. The van der Waals surface area contributed by atoms with E-state index in [4.69, 9.17) is 9.47 Å². The molecule has 230 valence electrons. The third-order valence-electron chi connectivity index (χ3n) is 7.95. The first-order valence-electron chi connectivity index (χ1n) is 13.3. The van der Waals surface area contributed by atoms with E-state index >= 15 is 17.6 Å². The van der Waals surface area contributed by atoms with E-state index in [-0.39, 0.29) is 25.0 Å². The van der Waals surface area contributed by atoms with Gasteiger partial charge in [0, 0.05) is 0 Å². The summed E-state index contributed by atoms with van der Waals surface area (Å²) >= 11 is 0. The fraction of sp³-hybridized carbons (Fsp3) is 0.571. The molecular formula is C28H33F6N4O4+. The average molecular weight is 604 g/mol. The van der Waals surface area contributed by atoms with Crippen molar-refractivity contribution in [3.63, 3.8) is 0 Å². The molecule has 4 heterocycles. The Morgan fingerprint density at radius 3 is 1.86 bits per heavy atom. The summed E-state index contributed by atoms with van der Waals surface area (Å²) in [4.78, 5) is 16.1. The first kappa shape index (κ1) is 29.9. The first-order valence-corrected chi connectivity index (χ1v) is 13.3. The lowest BCUT2D eigenvalue weighted by atomic mass is 10.0. The number of ether oxygens (including phenoxy) is 2. The van der Waals surface area contributed by atoms with E-state index in [0.29, 0.717) is 0 Å². The Hall–Kier alpha value is -3.58. The van der Waals surface area contributed by atoms with Crippen molar-refractivity contribution in [2.75, 3.05) is 26.6 Å². The van der Waals surface area contributed by atoms with E-state index in [9.17, 15) is 18.7 Å². The predicted molar refractivity (Wildman–Crippen MR) is 138 cm³/mol. The van der Waals surface area contributed by atoms with Crippen LogP contribution in [0.2, 0.25) is 0 Å². The molecule has 8 nitrogen and oxygen atoms in total. The lowest BCUT2D eigenvalue weighted by Gasteiger charge is -2.39. The van der Waals surface area contributed by atoms with Crippen molar-refractivity contribution in [3.8, 4) is 0 Å². The molecule has 1 amide bonds. The van der Waals surface area contributed by atoms with E-state index in [2.05, 4.69) is 0 Å².